The highest BCUT2D eigenvalue weighted by atomic mass is 16.5. The summed E-state index contributed by atoms with van der Waals surface area (Å²) in [7, 11) is 1.63. The molecule has 0 bridgehead atoms. The largest absolute Gasteiger partial charge is 0.497 e. The number of nitrogens with zero attached hydrogens (tertiary/aromatic N) is 2. The molecule has 7 heteroatoms. The molecule has 1 aliphatic heterocycles. The molecule has 26 heavy (non-hydrogen) atoms. The zero-order chi connectivity index (χ0) is 18.1. The molecular weight excluding hydrogens is 332 g/mol. The van der Waals surface area contributed by atoms with E-state index in [0.29, 0.717) is 23.6 Å². The second-order valence-corrected chi connectivity index (χ2v) is 6.53. The summed E-state index contributed by atoms with van der Waals surface area (Å²) < 4.78 is 5.18. The van der Waals surface area contributed by atoms with Gasteiger partial charge in [0.05, 0.1) is 24.9 Å². The van der Waals surface area contributed by atoms with Gasteiger partial charge in [-0.1, -0.05) is 12.1 Å². The maximum absolute atomic E-state index is 13.0. The van der Waals surface area contributed by atoms with Crippen LogP contribution in [0, 0.1) is 0 Å². The summed E-state index contributed by atoms with van der Waals surface area (Å²) in [5.74, 6) is 1.18. The van der Waals surface area contributed by atoms with E-state index in [-0.39, 0.29) is 24.4 Å². The van der Waals surface area contributed by atoms with E-state index in [1.54, 1.807) is 19.4 Å². The van der Waals surface area contributed by atoms with Gasteiger partial charge in [-0.05, 0) is 36.6 Å². The minimum atomic E-state index is -0.138. The van der Waals surface area contributed by atoms with Crippen molar-refractivity contribution >= 4 is 23.3 Å². The van der Waals surface area contributed by atoms with Crippen LogP contribution in [0.1, 0.15) is 28.8 Å². The van der Waals surface area contributed by atoms with Gasteiger partial charge in [-0.2, -0.15) is 0 Å². The molecule has 134 valence electrons. The van der Waals surface area contributed by atoms with E-state index in [4.69, 9.17) is 4.74 Å². The van der Waals surface area contributed by atoms with Gasteiger partial charge < -0.3 is 20.3 Å². The lowest BCUT2D eigenvalue weighted by Gasteiger charge is -2.24. The first-order valence-corrected chi connectivity index (χ1v) is 8.62. The SMILES string of the molecule is COc1ccc(CN(C(=O)c2cnc3c(c2)NC(=O)CN3)C2CC2)cc1. The molecule has 1 saturated carbocycles. The third-order valence-electron chi connectivity index (χ3n) is 4.59. The second kappa shape index (κ2) is 6.67. The smallest absolute Gasteiger partial charge is 0.256 e. The Hall–Kier alpha value is -3.09. The van der Waals surface area contributed by atoms with Crippen molar-refractivity contribution in [2.24, 2.45) is 0 Å². The number of hydrogen-bond acceptors (Lipinski definition) is 5. The number of fused-ring (bicyclic) bond motifs is 1. The van der Waals surface area contributed by atoms with E-state index >= 15 is 0 Å². The molecule has 2 N–H and O–H groups in total. The summed E-state index contributed by atoms with van der Waals surface area (Å²) in [6, 6.07) is 9.68. The molecule has 2 aromatic rings. The van der Waals surface area contributed by atoms with Gasteiger partial charge in [-0.15, -0.1) is 0 Å². The van der Waals surface area contributed by atoms with Crippen LogP contribution in [-0.4, -0.2) is 41.4 Å². The van der Waals surface area contributed by atoms with Crippen molar-refractivity contribution in [1.29, 1.82) is 0 Å². The van der Waals surface area contributed by atoms with Gasteiger partial charge >= 0.3 is 0 Å². The fraction of sp³-hybridized carbons (Fsp3) is 0.316. The average Bonchev–Trinajstić information content (AvgIpc) is 3.50. The number of carbonyl (C=O) groups is 2. The van der Waals surface area contributed by atoms with Crippen LogP contribution in [0.3, 0.4) is 0 Å². The quantitative estimate of drug-likeness (QED) is 0.862. The Morgan fingerprint density at radius 3 is 2.77 bits per heavy atom. The fourth-order valence-corrected chi connectivity index (χ4v) is 3.02. The number of anilines is 2. The lowest BCUT2D eigenvalue weighted by molar-refractivity contribution is -0.114. The van der Waals surface area contributed by atoms with Crippen LogP contribution >= 0.6 is 0 Å². The first kappa shape index (κ1) is 16.4. The molecule has 1 aromatic carbocycles. The highest BCUT2D eigenvalue weighted by Gasteiger charge is 2.33. The van der Waals surface area contributed by atoms with Crippen molar-refractivity contribution in [3.05, 3.63) is 47.7 Å². The van der Waals surface area contributed by atoms with Crippen molar-refractivity contribution in [1.82, 2.24) is 9.88 Å². The molecule has 1 aliphatic carbocycles. The van der Waals surface area contributed by atoms with Crippen LogP contribution in [0.5, 0.6) is 5.75 Å². The molecule has 1 aromatic heterocycles. The Balaban J connectivity index is 1.55. The molecule has 2 aliphatic rings. The van der Waals surface area contributed by atoms with Gasteiger partial charge in [0.15, 0.2) is 0 Å². The number of pyridine rings is 1. The average molecular weight is 352 g/mol. The van der Waals surface area contributed by atoms with Gasteiger partial charge in [-0.3, -0.25) is 9.59 Å². The van der Waals surface area contributed by atoms with E-state index in [1.807, 2.05) is 29.2 Å². The minimum Gasteiger partial charge on any atom is -0.497 e. The van der Waals surface area contributed by atoms with E-state index < -0.39 is 0 Å². The van der Waals surface area contributed by atoms with Crippen LogP contribution < -0.4 is 15.4 Å². The van der Waals surface area contributed by atoms with Gasteiger partial charge in [0.1, 0.15) is 11.6 Å². The molecule has 0 atom stereocenters. The summed E-state index contributed by atoms with van der Waals surface area (Å²) in [6.07, 6.45) is 3.59. The molecule has 2 amide bonds. The first-order chi connectivity index (χ1) is 12.6. The number of benzene rings is 1. The van der Waals surface area contributed by atoms with Gasteiger partial charge in [0, 0.05) is 18.8 Å². The number of carbonyl (C=O) groups excluding carboxylic acids is 2. The minimum absolute atomic E-state index is 0.0709. The number of ether oxygens (including phenoxy) is 1. The maximum Gasteiger partial charge on any atom is 0.256 e. The number of nitrogens with one attached hydrogen (secondary N) is 2. The Labute approximate surface area is 151 Å². The highest BCUT2D eigenvalue weighted by molar-refractivity contribution is 6.02. The standard InChI is InChI=1S/C19H20N4O3/c1-26-15-6-2-12(3-7-15)11-23(14-4-5-14)19(25)13-8-16-18(20-9-13)21-10-17(24)22-16/h2-3,6-9,14H,4-5,10-11H2,1H3,(H,20,21)(H,22,24). The third kappa shape index (κ3) is 3.33. The van der Waals surface area contributed by atoms with Crippen LogP contribution in [0.25, 0.3) is 0 Å². The third-order valence-corrected chi connectivity index (χ3v) is 4.59. The summed E-state index contributed by atoms with van der Waals surface area (Å²) >= 11 is 0. The predicted octanol–water partition coefficient (Wildman–Crippen LogP) is 2.26. The molecule has 0 unspecified atom stereocenters. The van der Waals surface area contributed by atoms with Gasteiger partial charge in [-0.25, -0.2) is 4.98 Å². The van der Waals surface area contributed by atoms with Crippen molar-refractivity contribution in [3.63, 3.8) is 0 Å². The maximum atomic E-state index is 13.0. The zero-order valence-corrected chi connectivity index (χ0v) is 14.5. The molecule has 4 rings (SSSR count). The van der Waals surface area contributed by atoms with E-state index in [1.165, 1.54) is 0 Å². The van der Waals surface area contributed by atoms with Crippen molar-refractivity contribution in [2.75, 3.05) is 24.3 Å². The van der Waals surface area contributed by atoms with Crippen LogP contribution in [0.2, 0.25) is 0 Å². The first-order valence-electron chi connectivity index (χ1n) is 8.62. The normalized spacial score (nSPS) is 15.5. The number of amides is 2. The second-order valence-electron chi connectivity index (χ2n) is 6.53. The molecule has 0 radical (unpaired) electrons. The van der Waals surface area contributed by atoms with Crippen molar-refractivity contribution < 1.29 is 14.3 Å². The Bertz CT molecular complexity index is 846. The van der Waals surface area contributed by atoms with E-state index in [2.05, 4.69) is 15.6 Å². The van der Waals surface area contributed by atoms with Crippen LogP contribution in [-0.2, 0) is 11.3 Å². The topological polar surface area (TPSA) is 83.6 Å². The van der Waals surface area contributed by atoms with E-state index in [0.717, 1.165) is 24.2 Å². The lowest BCUT2D eigenvalue weighted by atomic mass is 10.1. The zero-order valence-electron chi connectivity index (χ0n) is 14.5. The van der Waals surface area contributed by atoms with Crippen molar-refractivity contribution in [2.45, 2.75) is 25.4 Å². The highest BCUT2D eigenvalue weighted by Crippen LogP contribution is 2.31. The van der Waals surface area contributed by atoms with Gasteiger partial charge in [0.25, 0.3) is 5.91 Å². The summed E-state index contributed by atoms with van der Waals surface area (Å²) in [5.41, 5.74) is 2.08. The number of hydrogen-bond donors (Lipinski definition) is 2. The van der Waals surface area contributed by atoms with Gasteiger partial charge in [0.2, 0.25) is 5.91 Å². The molecular formula is C19H20N4O3. The summed E-state index contributed by atoms with van der Waals surface area (Å²) in [6.45, 7) is 0.730. The molecule has 2 heterocycles. The fourth-order valence-electron chi connectivity index (χ4n) is 3.02. The molecule has 0 saturated heterocycles. The Kier molecular flexibility index (Phi) is 4.20. The molecule has 7 nitrogen and oxygen atoms in total. The van der Waals surface area contributed by atoms with Crippen LogP contribution in [0.15, 0.2) is 36.5 Å². The molecule has 1 fully saturated rings. The molecule has 0 spiro atoms. The Morgan fingerprint density at radius 2 is 2.08 bits per heavy atom. The Morgan fingerprint density at radius 1 is 1.31 bits per heavy atom. The van der Waals surface area contributed by atoms with Crippen LogP contribution in [0.4, 0.5) is 11.5 Å². The predicted molar refractivity (Wildman–Crippen MR) is 97.2 cm³/mol. The number of methoxy groups -OCH3 is 1. The summed E-state index contributed by atoms with van der Waals surface area (Å²) in [5, 5.41) is 5.69. The monoisotopic (exact) mass is 352 g/mol. The number of aromatic nitrogens is 1. The van der Waals surface area contributed by atoms with Crippen molar-refractivity contribution in [3.8, 4) is 5.75 Å². The summed E-state index contributed by atoms with van der Waals surface area (Å²) in [4.78, 5) is 30.7. The number of rotatable bonds is 5. The lowest BCUT2D eigenvalue weighted by Crippen LogP contribution is -2.33. The van der Waals surface area contributed by atoms with E-state index in [9.17, 15) is 9.59 Å².